The lowest BCUT2D eigenvalue weighted by Crippen LogP contribution is -2.14. The maximum Gasteiger partial charge on any atom is 0.260 e. The number of aryl methyl sites for hydroxylation is 1. The van der Waals surface area contributed by atoms with E-state index in [-0.39, 0.29) is 17.2 Å². The Bertz CT molecular complexity index is 565. The Morgan fingerprint density at radius 2 is 2.29 bits per heavy atom. The molecule has 72 valence electrons. The van der Waals surface area contributed by atoms with Gasteiger partial charge in [0.05, 0.1) is 5.39 Å². The average molecular weight is 191 g/mol. The van der Waals surface area contributed by atoms with Gasteiger partial charge < -0.3 is 9.55 Å². The van der Waals surface area contributed by atoms with Gasteiger partial charge in [0.2, 0.25) is 0 Å². The lowest BCUT2D eigenvalue weighted by molar-refractivity contribution is 0.100. The second kappa shape index (κ2) is 2.80. The third-order valence-electron chi connectivity index (χ3n) is 2.07. The van der Waals surface area contributed by atoms with E-state index in [1.165, 1.54) is 6.92 Å². The molecule has 0 saturated carbocycles. The van der Waals surface area contributed by atoms with E-state index >= 15 is 0 Å². The van der Waals surface area contributed by atoms with Crippen molar-refractivity contribution in [1.29, 1.82) is 0 Å². The number of carbonyl (C=O) groups is 1. The van der Waals surface area contributed by atoms with Gasteiger partial charge in [-0.1, -0.05) is 0 Å². The van der Waals surface area contributed by atoms with Crippen LogP contribution in [0.1, 0.15) is 17.5 Å². The number of hydrogen-bond acceptors (Lipinski definition) is 3. The molecule has 5 heteroatoms. The molecule has 1 N–H and O–H groups in total. The Morgan fingerprint density at radius 3 is 2.93 bits per heavy atom. The molecule has 2 aromatic heterocycles. The van der Waals surface area contributed by atoms with E-state index in [0.29, 0.717) is 11.0 Å². The third-order valence-corrected chi connectivity index (χ3v) is 2.07. The van der Waals surface area contributed by atoms with E-state index in [4.69, 9.17) is 0 Å². The Kier molecular flexibility index (Phi) is 1.73. The molecule has 2 heterocycles. The van der Waals surface area contributed by atoms with Crippen molar-refractivity contribution in [2.75, 3.05) is 0 Å². The zero-order valence-electron chi connectivity index (χ0n) is 7.87. The van der Waals surface area contributed by atoms with Crippen molar-refractivity contribution in [3.8, 4) is 0 Å². The van der Waals surface area contributed by atoms with E-state index in [0.717, 1.165) is 0 Å². The lowest BCUT2D eigenvalue weighted by atomic mass is 10.3. The van der Waals surface area contributed by atoms with E-state index in [1.54, 1.807) is 23.9 Å². The highest BCUT2D eigenvalue weighted by Crippen LogP contribution is 2.06. The van der Waals surface area contributed by atoms with Crippen molar-refractivity contribution in [3.05, 3.63) is 28.4 Å². The van der Waals surface area contributed by atoms with Gasteiger partial charge >= 0.3 is 0 Å². The van der Waals surface area contributed by atoms with Crippen LogP contribution in [0.5, 0.6) is 0 Å². The molecule has 0 bridgehead atoms. The van der Waals surface area contributed by atoms with Gasteiger partial charge in [0.25, 0.3) is 5.56 Å². The topological polar surface area (TPSA) is 67.8 Å². The van der Waals surface area contributed by atoms with Crippen LogP contribution in [0.15, 0.2) is 17.1 Å². The highest BCUT2D eigenvalue weighted by molar-refractivity contribution is 5.92. The van der Waals surface area contributed by atoms with Gasteiger partial charge in [-0.2, -0.15) is 0 Å². The first-order valence-electron chi connectivity index (χ1n) is 4.16. The fourth-order valence-corrected chi connectivity index (χ4v) is 1.31. The first-order valence-corrected chi connectivity index (χ1v) is 4.16. The van der Waals surface area contributed by atoms with Gasteiger partial charge in [0.15, 0.2) is 11.6 Å². The van der Waals surface area contributed by atoms with Gasteiger partial charge in [0.1, 0.15) is 5.65 Å². The van der Waals surface area contributed by atoms with Crippen LogP contribution in [-0.2, 0) is 7.05 Å². The van der Waals surface area contributed by atoms with Crippen LogP contribution in [0, 0.1) is 0 Å². The van der Waals surface area contributed by atoms with Gasteiger partial charge in [0, 0.05) is 20.2 Å². The second-order valence-corrected chi connectivity index (χ2v) is 3.13. The molecule has 2 aromatic rings. The lowest BCUT2D eigenvalue weighted by Gasteiger charge is -1.97. The van der Waals surface area contributed by atoms with Gasteiger partial charge in [-0.25, -0.2) is 4.98 Å². The fraction of sp³-hybridized carbons (Fsp3) is 0.222. The Morgan fingerprint density at radius 1 is 1.57 bits per heavy atom. The molecule has 0 aliphatic rings. The predicted octanol–water partition coefficient (Wildman–Crippen LogP) is 0.464. The number of fused-ring (bicyclic) bond motifs is 1. The quantitative estimate of drug-likeness (QED) is 0.666. The number of carbonyl (C=O) groups excluding carboxylic acids is 1. The number of ketones is 1. The zero-order valence-corrected chi connectivity index (χ0v) is 7.87. The van der Waals surface area contributed by atoms with Crippen LogP contribution in [0.4, 0.5) is 0 Å². The first-order chi connectivity index (χ1) is 6.59. The Labute approximate surface area is 79.4 Å². The molecular weight excluding hydrogens is 182 g/mol. The molecule has 0 aliphatic heterocycles. The molecule has 0 aliphatic carbocycles. The van der Waals surface area contributed by atoms with E-state index in [2.05, 4.69) is 9.97 Å². The largest absolute Gasteiger partial charge is 0.335 e. The molecule has 5 nitrogen and oxygen atoms in total. The summed E-state index contributed by atoms with van der Waals surface area (Å²) in [7, 11) is 1.78. The maximum absolute atomic E-state index is 11.5. The summed E-state index contributed by atoms with van der Waals surface area (Å²) >= 11 is 0. The van der Waals surface area contributed by atoms with Crippen LogP contribution >= 0.6 is 0 Å². The number of nitrogens with one attached hydrogen (secondary N) is 1. The van der Waals surface area contributed by atoms with Crippen molar-refractivity contribution >= 4 is 16.8 Å². The molecule has 0 atom stereocenters. The highest BCUT2D eigenvalue weighted by atomic mass is 16.1. The van der Waals surface area contributed by atoms with Crippen LogP contribution in [0.3, 0.4) is 0 Å². The van der Waals surface area contributed by atoms with E-state index in [9.17, 15) is 9.59 Å². The summed E-state index contributed by atoms with van der Waals surface area (Å²) in [6.45, 7) is 1.37. The minimum atomic E-state index is -0.277. The normalized spacial score (nSPS) is 10.7. The fourth-order valence-electron chi connectivity index (χ4n) is 1.31. The molecule has 2 rings (SSSR count). The number of hydrogen-bond donors (Lipinski definition) is 1. The van der Waals surface area contributed by atoms with Crippen LogP contribution in [-0.4, -0.2) is 20.3 Å². The summed E-state index contributed by atoms with van der Waals surface area (Å²) in [4.78, 5) is 29.0. The van der Waals surface area contributed by atoms with Crippen LogP contribution in [0.25, 0.3) is 11.0 Å². The summed E-state index contributed by atoms with van der Waals surface area (Å²) in [5.74, 6) is -0.144. The van der Waals surface area contributed by atoms with E-state index < -0.39 is 0 Å². The van der Waals surface area contributed by atoms with Crippen molar-refractivity contribution in [1.82, 2.24) is 14.5 Å². The van der Waals surface area contributed by atoms with Crippen molar-refractivity contribution in [2.24, 2.45) is 7.05 Å². The second-order valence-electron chi connectivity index (χ2n) is 3.13. The summed E-state index contributed by atoms with van der Waals surface area (Å²) in [6, 6.07) is 1.67. The minimum Gasteiger partial charge on any atom is -0.335 e. The molecule has 0 amide bonds. The van der Waals surface area contributed by atoms with Crippen LogP contribution in [0.2, 0.25) is 0 Å². The molecule has 0 unspecified atom stereocenters. The standard InChI is InChI=1S/C9H9N3O2/c1-5(13)7-10-8-6(9(14)11-7)3-4-12(8)2/h3-4H,1-2H3,(H,10,11,14). The average Bonchev–Trinajstić information content (AvgIpc) is 2.48. The zero-order chi connectivity index (χ0) is 10.3. The Balaban J connectivity index is 2.89. The summed E-state index contributed by atoms with van der Waals surface area (Å²) in [6.07, 6.45) is 1.73. The highest BCUT2D eigenvalue weighted by Gasteiger charge is 2.08. The monoisotopic (exact) mass is 191 g/mol. The van der Waals surface area contributed by atoms with Gasteiger partial charge in [-0.05, 0) is 6.07 Å². The molecule has 14 heavy (non-hydrogen) atoms. The van der Waals surface area contributed by atoms with E-state index in [1.807, 2.05) is 0 Å². The molecule has 0 saturated heterocycles. The number of aromatic nitrogens is 3. The first kappa shape index (κ1) is 8.68. The SMILES string of the molecule is CC(=O)c1nc2c(ccn2C)c(=O)[nH]1. The molecule has 0 fully saturated rings. The molecule has 0 aromatic carbocycles. The van der Waals surface area contributed by atoms with Crippen molar-refractivity contribution < 1.29 is 4.79 Å². The number of rotatable bonds is 1. The van der Waals surface area contributed by atoms with Crippen molar-refractivity contribution in [3.63, 3.8) is 0 Å². The number of Topliss-reactive ketones (excluding diaryl/α,β-unsaturated/α-hetero) is 1. The summed E-state index contributed by atoms with van der Waals surface area (Å²) < 4.78 is 1.71. The van der Waals surface area contributed by atoms with Gasteiger partial charge in [-0.3, -0.25) is 9.59 Å². The maximum atomic E-state index is 11.5. The number of nitrogens with zero attached hydrogens (tertiary/aromatic N) is 2. The minimum absolute atomic E-state index is 0.101. The number of H-pyrrole nitrogens is 1. The smallest absolute Gasteiger partial charge is 0.260 e. The molecular formula is C9H9N3O2. The Hall–Kier alpha value is -1.91. The van der Waals surface area contributed by atoms with Gasteiger partial charge in [-0.15, -0.1) is 0 Å². The third kappa shape index (κ3) is 1.14. The van der Waals surface area contributed by atoms with Crippen molar-refractivity contribution in [2.45, 2.75) is 6.92 Å². The molecule has 0 radical (unpaired) electrons. The van der Waals surface area contributed by atoms with Crippen LogP contribution < -0.4 is 5.56 Å². The predicted molar refractivity (Wildman–Crippen MR) is 51.3 cm³/mol. The summed E-state index contributed by atoms with van der Waals surface area (Å²) in [5.41, 5.74) is 0.250. The number of aromatic amines is 1. The molecule has 0 spiro atoms. The summed E-state index contributed by atoms with van der Waals surface area (Å²) in [5, 5.41) is 0.498.